The van der Waals surface area contributed by atoms with E-state index in [-0.39, 0.29) is 17.5 Å². The van der Waals surface area contributed by atoms with Gasteiger partial charge in [0.15, 0.2) is 0 Å². The highest BCUT2D eigenvalue weighted by atomic mass is 16.6. The molecule has 1 atom stereocenters. The first-order valence-corrected chi connectivity index (χ1v) is 5.89. The maximum atomic E-state index is 10.9. The van der Waals surface area contributed by atoms with E-state index >= 15 is 0 Å². The minimum absolute atomic E-state index is 0.0712. The lowest BCUT2D eigenvalue weighted by atomic mass is 10.1. The van der Waals surface area contributed by atoms with E-state index in [1.165, 1.54) is 12.1 Å². The Balaban J connectivity index is 2.24. The van der Waals surface area contributed by atoms with Crippen molar-refractivity contribution in [3.8, 4) is 0 Å². The zero-order valence-electron chi connectivity index (χ0n) is 10.8. The number of anilines is 2. The summed E-state index contributed by atoms with van der Waals surface area (Å²) in [6, 6.07) is 6.27. The molecule has 0 aliphatic carbocycles. The summed E-state index contributed by atoms with van der Waals surface area (Å²) < 4.78 is 0. The molecule has 8 heteroatoms. The maximum absolute atomic E-state index is 10.9. The Kier molecular flexibility index (Phi) is 4.06. The number of aromatic nitrogens is 2. The van der Waals surface area contributed by atoms with Crippen LogP contribution in [0.4, 0.5) is 17.3 Å². The molecule has 2 aromatic rings. The molecule has 8 nitrogen and oxygen atoms in total. The number of nitrogens with one attached hydrogen (secondary N) is 2. The van der Waals surface area contributed by atoms with Gasteiger partial charge in [0, 0.05) is 12.4 Å². The molecule has 0 saturated heterocycles. The lowest BCUT2D eigenvalue weighted by Gasteiger charge is -2.15. The number of nitrogens with zero attached hydrogens (tertiary/aromatic N) is 3. The number of nitro groups is 1. The second kappa shape index (κ2) is 5.93. The number of rotatable bonds is 5. The quantitative estimate of drug-likeness (QED) is 0.432. The monoisotopic (exact) mass is 274 g/mol. The van der Waals surface area contributed by atoms with Crippen LogP contribution in [0.5, 0.6) is 0 Å². The van der Waals surface area contributed by atoms with Gasteiger partial charge in [-0.05, 0) is 24.6 Å². The van der Waals surface area contributed by atoms with Crippen molar-refractivity contribution in [1.29, 1.82) is 0 Å². The molecule has 20 heavy (non-hydrogen) atoms. The highest BCUT2D eigenvalue weighted by Crippen LogP contribution is 2.23. The van der Waals surface area contributed by atoms with Crippen LogP contribution in [0.15, 0.2) is 36.7 Å². The van der Waals surface area contributed by atoms with Crippen molar-refractivity contribution >= 4 is 17.3 Å². The van der Waals surface area contributed by atoms with Crippen molar-refractivity contribution in [2.45, 2.75) is 13.0 Å². The molecule has 0 aliphatic heterocycles. The molecule has 0 spiro atoms. The molecular weight excluding hydrogens is 260 g/mol. The van der Waals surface area contributed by atoms with Gasteiger partial charge in [0.2, 0.25) is 0 Å². The number of nitrogen functional groups attached to an aromatic ring is 1. The Bertz CT molecular complexity index is 604. The molecule has 2 heterocycles. The van der Waals surface area contributed by atoms with Gasteiger partial charge in [-0.2, -0.15) is 0 Å². The van der Waals surface area contributed by atoms with E-state index in [1.807, 2.05) is 19.1 Å². The molecule has 0 amide bonds. The zero-order valence-corrected chi connectivity index (χ0v) is 10.8. The SMILES string of the molecule is CC(Nc1cc([N+](=O)[O-])cc(NN)n1)c1ccncc1. The number of hydrogen-bond donors (Lipinski definition) is 3. The van der Waals surface area contributed by atoms with Gasteiger partial charge in [-0.1, -0.05) is 0 Å². The largest absolute Gasteiger partial charge is 0.363 e. The Morgan fingerprint density at radius 1 is 1.30 bits per heavy atom. The lowest BCUT2D eigenvalue weighted by Crippen LogP contribution is -2.12. The summed E-state index contributed by atoms with van der Waals surface area (Å²) in [6.07, 6.45) is 3.36. The topological polar surface area (TPSA) is 119 Å². The van der Waals surface area contributed by atoms with Crippen LogP contribution in [0.2, 0.25) is 0 Å². The van der Waals surface area contributed by atoms with E-state index in [0.29, 0.717) is 5.82 Å². The van der Waals surface area contributed by atoms with Crippen molar-refractivity contribution in [3.63, 3.8) is 0 Å². The lowest BCUT2D eigenvalue weighted by molar-refractivity contribution is -0.384. The number of hydrazine groups is 1. The van der Waals surface area contributed by atoms with Crippen LogP contribution in [0.1, 0.15) is 18.5 Å². The summed E-state index contributed by atoms with van der Waals surface area (Å²) in [5.41, 5.74) is 3.22. The van der Waals surface area contributed by atoms with Gasteiger partial charge in [0.1, 0.15) is 11.6 Å². The van der Waals surface area contributed by atoms with Crippen LogP contribution in [0.25, 0.3) is 0 Å². The second-order valence-corrected chi connectivity index (χ2v) is 4.14. The van der Waals surface area contributed by atoms with Crippen LogP contribution in [0.3, 0.4) is 0 Å². The Morgan fingerprint density at radius 3 is 2.55 bits per heavy atom. The van der Waals surface area contributed by atoms with Crippen LogP contribution in [0, 0.1) is 10.1 Å². The molecule has 0 saturated carbocycles. The summed E-state index contributed by atoms with van der Waals surface area (Å²) in [4.78, 5) is 18.4. The van der Waals surface area contributed by atoms with E-state index in [2.05, 4.69) is 20.7 Å². The molecule has 0 aliphatic rings. The van der Waals surface area contributed by atoms with E-state index in [0.717, 1.165) is 5.56 Å². The van der Waals surface area contributed by atoms with E-state index in [1.54, 1.807) is 12.4 Å². The molecule has 2 aromatic heterocycles. The minimum atomic E-state index is -0.495. The normalized spacial score (nSPS) is 11.7. The average Bonchev–Trinajstić information content (AvgIpc) is 2.47. The number of nitrogens with two attached hydrogens (primary N) is 1. The highest BCUT2D eigenvalue weighted by molar-refractivity contribution is 5.54. The van der Waals surface area contributed by atoms with E-state index in [4.69, 9.17) is 5.84 Å². The van der Waals surface area contributed by atoms with Crippen molar-refractivity contribution in [2.75, 3.05) is 10.7 Å². The molecule has 0 aromatic carbocycles. The molecule has 4 N–H and O–H groups in total. The van der Waals surface area contributed by atoms with Crippen molar-refractivity contribution < 1.29 is 4.92 Å². The van der Waals surface area contributed by atoms with E-state index in [9.17, 15) is 10.1 Å². The summed E-state index contributed by atoms with van der Waals surface area (Å²) in [7, 11) is 0. The van der Waals surface area contributed by atoms with Gasteiger partial charge in [-0.25, -0.2) is 10.8 Å². The Morgan fingerprint density at radius 2 is 1.95 bits per heavy atom. The van der Waals surface area contributed by atoms with Gasteiger partial charge < -0.3 is 10.7 Å². The summed E-state index contributed by atoms with van der Waals surface area (Å²) in [5, 5.41) is 13.9. The molecular formula is C12H14N6O2. The third kappa shape index (κ3) is 3.18. The average molecular weight is 274 g/mol. The number of pyridine rings is 2. The second-order valence-electron chi connectivity index (χ2n) is 4.14. The van der Waals surface area contributed by atoms with Crippen LogP contribution in [-0.2, 0) is 0 Å². The van der Waals surface area contributed by atoms with Gasteiger partial charge in [0.05, 0.1) is 23.1 Å². The van der Waals surface area contributed by atoms with Crippen LogP contribution in [-0.4, -0.2) is 14.9 Å². The van der Waals surface area contributed by atoms with Gasteiger partial charge >= 0.3 is 0 Å². The molecule has 1 unspecified atom stereocenters. The summed E-state index contributed by atoms with van der Waals surface area (Å²) in [6.45, 7) is 1.92. The maximum Gasteiger partial charge on any atom is 0.276 e. The Hall–Kier alpha value is -2.74. The van der Waals surface area contributed by atoms with Crippen molar-refractivity contribution in [3.05, 3.63) is 52.3 Å². The van der Waals surface area contributed by atoms with Gasteiger partial charge in [0.25, 0.3) is 5.69 Å². The van der Waals surface area contributed by atoms with Gasteiger partial charge in [-0.15, -0.1) is 0 Å². The highest BCUT2D eigenvalue weighted by Gasteiger charge is 2.13. The fourth-order valence-electron chi connectivity index (χ4n) is 1.73. The third-order valence-corrected chi connectivity index (χ3v) is 2.74. The predicted octanol–water partition coefficient (Wildman–Crippen LogP) is 1.84. The summed E-state index contributed by atoms with van der Waals surface area (Å²) in [5.74, 6) is 5.86. The van der Waals surface area contributed by atoms with Crippen LogP contribution >= 0.6 is 0 Å². The first-order valence-electron chi connectivity index (χ1n) is 5.89. The third-order valence-electron chi connectivity index (χ3n) is 2.74. The summed E-state index contributed by atoms with van der Waals surface area (Å²) >= 11 is 0. The first kappa shape index (κ1) is 13.7. The fourth-order valence-corrected chi connectivity index (χ4v) is 1.73. The molecule has 0 bridgehead atoms. The minimum Gasteiger partial charge on any atom is -0.363 e. The molecule has 0 radical (unpaired) electrons. The first-order chi connectivity index (χ1) is 9.60. The van der Waals surface area contributed by atoms with Gasteiger partial charge in [-0.3, -0.25) is 15.1 Å². The number of hydrogen-bond acceptors (Lipinski definition) is 7. The standard InChI is InChI=1S/C12H14N6O2/c1-8(9-2-4-14-5-3-9)15-11-6-10(18(19)20)7-12(16-11)17-13/h2-8H,13H2,1H3,(H2,15,16,17). The zero-order chi connectivity index (χ0) is 14.5. The fraction of sp³-hybridized carbons (Fsp3) is 0.167. The van der Waals surface area contributed by atoms with Crippen molar-refractivity contribution in [2.24, 2.45) is 5.84 Å². The smallest absolute Gasteiger partial charge is 0.276 e. The van der Waals surface area contributed by atoms with E-state index < -0.39 is 4.92 Å². The molecule has 2 rings (SSSR count). The van der Waals surface area contributed by atoms with Crippen LogP contribution < -0.4 is 16.6 Å². The van der Waals surface area contributed by atoms with Crippen molar-refractivity contribution in [1.82, 2.24) is 9.97 Å². The Labute approximate surface area is 115 Å². The predicted molar refractivity (Wildman–Crippen MR) is 75.0 cm³/mol. The molecule has 0 fully saturated rings. The molecule has 104 valence electrons.